The minimum atomic E-state index is 0.776. The molecular formula is C10H7N3OS. The van der Waals surface area contributed by atoms with E-state index in [4.69, 9.17) is 4.52 Å². The molecule has 0 aliphatic heterocycles. The molecule has 0 saturated heterocycles. The number of rotatable bonds is 2. The predicted molar refractivity (Wildman–Crippen MR) is 57.4 cm³/mol. The Morgan fingerprint density at radius 1 is 1.20 bits per heavy atom. The average molecular weight is 217 g/mol. The lowest BCUT2D eigenvalue weighted by Gasteiger charge is -1.89. The quantitative estimate of drug-likeness (QED) is 0.718. The van der Waals surface area contributed by atoms with Crippen molar-refractivity contribution in [3.63, 3.8) is 0 Å². The van der Waals surface area contributed by atoms with Crippen molar-refractivity contribution < 1.29 is 4.52 Å². The summed E-state index contributed by atoms with van der Waals surface area (Å²) in [4.78, 5) is 5.40. The summed E-state index contributed by atoms with van der Waals surface area (Å²) in [6.45, 7) is 0. The van der Waals surface area contributed by atoms with E-state index in [9.17, 15) is 0 Å². The topological polar surface area (TPSA) is 54.7 Å². The smallest absolute Gasteiger partial charge is 0.153 e. The van der Waals surface area contributed by atoms with Gasteiger partial charge in [0, 0.05) is 11.5 Å². The molecular weight excluding hydrogens is 210 g/mol. The van der Waals surface area contributed by atoms with E-state index in [1.54, 1.807) is 17.6 Å². The number of nitrogens with one attached hydrogen (secondary N) is 1. The second-order valence-electron chi connectivity index (χ2n) is 3.04. The molecule has 0 aliphatic rings. The summed E-state index contributed by atoms with van der Waals surface area (Å²) in [5, 5.41) is 7.31. The summed E-state index contributed by atoms with van der Waals surface area (Å²) in [5.74, 6) is 0. The van der Waals surface area contributed by atoms with Crippen LogP contribution in [0.25, 0.3) is 21.1 Å². The molecule has 3 rings (SSSR count). The highest BCUT2D eigenvalue weighted by atomic mass is 32.1. The third-order valence-corrected chi connectivity index (χ3v) is 3.22. The van der Waals surface area contributed by atoms with E-state index >= 15 is 0 Å². The molecule has 3 aromatic rings. The maximum absolute atomic E-state index is 4.71. The Morgan fingerprint density at radius 3 is 2.87 bits per heavy atom. The zero-order valence-corrected chi connectivity index (χ0v) is 8.49. The second kappa shape index (κ2) is 3.36. The van der Waals surface area contributed by atoms with Crippen molar-refractivity contribution in [2.24, 2.45) is 0 Å². The molecule has 0 spiro atoms. The van der Waals surface area contributed by atoms with E-state index in [0.717, 1.165) is 16.3 Å². The molecule has 15 heavy (non-hydrogen) atoms. The Labute approximate surface area is 89.5 Å². The number of hydrogen-bond donors (Lipinski definition) is 1. The second-order valence-corrected chi connectivity index (χ2v) is 4.12. The van der Waals surface area contributed by atoms with Gasteiger partial charge in [-0.3, -0.25) is 0 Å². The lowest BCUT2D eigenvalue weighted by Crippen LogP contribution is -1.69. The van der Waals surface area contributed by atoms with Gasteiger partial charge in [0.25, 0.3) is 0 Å². The number of H-pyrrole nitrogens is 1. The van der Waals surface area contributed by atoms with Gasteiger partial charge in [0.1, 0.15) is 5.69 Å². The summed E-state index contributed by atoms with van der Waals surface area (Å²) in [5.41, 5.74) is 1.89. The highest BCUT2D eigenvalue weighted by Crippen LogP contribution is 2.32. The molecule has 1 N–H and O–H groups in total. The zero-order chi connectivity index (χ0) is 10.1. The summed E-state index contributed by atoms with van der Waals surface area (Å²) in [6.07, 6.45) is 3.46. The molecule has 0 radical (unpaired) electrons. The fourth-order valence-electron chi connectivity index (χ4n) is 1.38. The van der Waals surface area contributed by atoms with E-state index < -0.39 is 0 Å². The van der Waals surface area contributed by atoms with Crippen LogP contribution in [0.2, 0.25) is 0 Å². The van der Waals surface area contributed by atoms with Crippen molar-refractivity contribution in [1.82, 2.24) is 15.4 Å². The number of hydrogen-bond acceptors (Lipinski definition) is 4. The average Bonchev–Trinajstić information content (AvgIpc) is 3.02. The minimum Gasteiger partial charge on any atom is -0.361 e. The van der Waals surface area contributed by atoms with Crippen LogP contribution in [0.4, 0.5) is 0 Å². The Kier molecular flexibility index (Phi) is 1.89. The van der Waals surface area contributed by atoms with E-state index in [2.05, 4.69) is 21.4 Å². The molecule has 0 amide bonds. The summed E-state index contributed by atoms with van der Waals surface area (Å²) in [6, 6.07) is 8.09. The molecule has 0 bridgehead atoms. The van der Waals surface area contributed by atoms with Crippen LogP contribution < -0.4 is 0 Å². The van der Waals surface area contributed by atoms with Crippen molar-refractivity contribution in [2.75, 3.05) is 0 Å². The van der Waals surface area contributed by atoms with Crippen LogP contribution in [0.15, 0.2) is 41.2 Å². The molecule has 74 valence electrons. The Balaban J connectivity index is 2.02. The van der Waals surface area contributed by atoms with Crippen LogP contribution in [0.1, 0.15) is 0 Å². The largest absolute Gasteiger partial charge is 0.361 e. The van der Waals surface area contributed by atoms with Gasteiger partial charge in [-0.2, -0.15) is 0 Å². The monoisotopic (exact) mass is 217 g/mol. The van der Waals surface area contributed by atoms with Gasteiger partial charge in [-0.1, -0.05) is 0 Å². The normalized spacial score (nSPS) is 10.7. The molecule has 3 aromatic heterocycles. The predicted octanol–water partition coefficient (Wildman–Crippen LogP) is 2.79. The zero-order valence-electron chi connectivity index (χ0n) is 7.68. The Morgan fingerprint density at radius 2 is 2.13 bits per heavy atom. The van der Waals surface area contributed by atoms with Gasteiger partial charge in [0.05, 0.1) is 15.4 Å². The van der Waals surface area contributed by atoms with Crippen LogP contribution >= 0.6 is 11.3 Å². The lowest BCUT2D eigenvalue weighted by molar-refractivity contribution is 0.393. The molecule has 4 nitrogen and oxygen atoms in total. The van der Waals surface area contributed by atoms with Gasteiger partial charge in [0.2, 0.25) is 0 Å². The van der Waals surface area contributed by atoms with Gasteiger partial charge in [0.15, 0.2) is 6.26 Å². The SMILES string of the molecule is c1c[nH]c(-c2ccc(-c3conn3)s2)c1. The first-order valence-electron chi connectivity index (χ1n) is 4.44. The maximum atomic E-state index is 4.71. The molecule has 0 saturated carbocycles. The van der Waals surface area contributed by atoms with E-state index in [1.165, 1.54) is 4.88 Å². The number of thiophene rings is 1. The summed E-state index contributed by atoms with van der Waals surface area (Å²) >= 11 is 1.65. The standard InChI is InChI=1S/C10H7N3OS/c1-2-7(11-5-1)9-3-4-10(15-9)8-6-14-13-12-8/h1-6,11H. The third kappa shape index (κ3) is 1.46. The van der Waals surface area contributed by atoms with Crippen molar-refractivity contribution in [3.8, 4) is 21.1 Å². The van der Waals surface area contributed by atoms with Crippen molar-refractivity contribution in [1.29, 1.82) is 0 Å². The van der Waals surface area contributed by atoms with Crippen molar-refractivity contribution >= 4 is 11.3 Å². The van der Waals surface area contributed by atoms with Gasteiger partial charge in [-0.25, -0.2) is 0 Å². The van der Waals surface area contributed by atoms with Crippen molar-refractivity contribution in [3.05, 3.63) is 36.7 Å². The van der Waals surface area contributed by atoms with Crippen LogP contribution in [-0.2, 0) is 0 Å². The van der Waals surface area contributed by atoms with Crippen LogP contribution in [-0.4, -0.2) is 15.4 Å². The third-order valence-electron chi connectivity index (χ3n) is 2.08. The fourth-order valence-corrected chi connectivity index (χ4v) is 2.32. The van der Waals surface area contributed by atoms with E-state index in [1.807, 2.05) is 24.4 Å². The van der Waals surface area contributed by atoms with Crippen LogP contribution in [0.5, 0.6) is 0 Å². The Hall–Kier alpha value is -1.88. The lowest BCUT2D eigenvalue weighted by atomic mass is 10.3. The first-order valence-corrected chi connectivity index (χ1v) is 5.26. The summed E-state index contributed by atoms with van der Waals surface area (Å²) in [7, 11) is 0. The van der Waals surface area contributed by atoms with Gasteiger partial charge in [-0.05, 0) is 24.3 Å². The van der Waals surface area contributed by atoms with Gasteiger partial charge >= 0.3 is 0 Å². The van der Waals surface area contributed by atoms with Gasteiger partial charge in [-0.15, -0.1) is 16.4 Å². The first kappa shape index (κ1) is 8.43. The van der Waals surface area contributed by atoms with E-state index in [-0.39, 0.29) is 0 Å². The first-order chi connectivity index (χ1) is 7.43. The van der Waals surface area contributed by atoms with Crippen LogP contribution in [0.3, 0.4) is 0 Å². The molecule has 0 aliphatic carbocycles. The molecule has 0 atom stereocenters. The highest BCUT2D eigenvalue weighted by molar-refractivity contribution is 7.18. The van der Waals surface area contributed by atoms with Crippen molar-refractivity contribution in [2.45, 2.75) is 0 Å². The molecule has 0 aromatic carbocycles. The maximum Gasteiger partial charge on any atom is 0.153 e. The van der Waals surface area contributed by atoms with Gasteiger partial charge < -0.3 is 9.51 Å². The van der Waals surface area contributed by atoms with Crippen LogP contribution in [0, 0.1) is 0 Å². The molecule has 0 unspecified atom stereocenters. The molecule has 0 fully saturated rings. The highest BCUT2D eigenvalue weighted by Gasteiger charge is 2.07. The molecule has 5 heteroatoms. The number of aromatic amines is 1. The number of nitrogens with zero attached hydrogens (tertiary/aromatic N) is 2. The minimum absolute atomic E-state index is 0.776. The molecule has 3 heterocycles. The van der Waals surface area contributed by atoms with E-state index in [0.29, 0.717) is 0 Å². The Bertz CT molecular complexity index is 490. The fraction of sp³-hybridized carbons (Fsp3) is 0. The number of aromatic nitrogens is 3. The summed E-state index contributed by atoms with van der Waals surface area (Å²) < 4.78 is 4.71.